The third kappa shape index (κ3) is 2.92. The van der Waals surface area contributed by atoms with Crippen LogP contribution < -0.4 is 16.8 Å². The molecule has 0 spiro atoms. The number of rotatable bonds is 3. The number of likely N-dealkylation sites (N-methyl/N-ethyl adjacent to an activating group) is 1. The summed E-state index contributed by atoms with van der Waals surface area (Å²) in [6.07, 6.45) is 2.25. The average molecular weight is 248 g/mol. The van der Waals surface area contributed by atoms with Crippen molar-refractivity contribution in [2.45, 2.75) is 18.9 Å². The number of benzene rings is 1. The number of anilines is 2. The van der Waals surface area contributed by atoms with Crippen LogP contribution in [0.25, 0.3) is 0 Å². The maximum Gasteiger partial charge on any atom is 0.250 e. The van der Waals surface area contributed by atoms with E-state index in [0.717, 1.165) is 31.6 Å². The minimum atomic E-state index is -0.429. The van der Waals surface area contributed by atoms with E-state index in [-0.39, 0.29) is 0 Å². The summed E-state index contributed by atoms with van der Waals surface area (Å²) in [5, 5.41) is 3.38. The molecule has 1 atom stereocenters. The predicted molar refractivity (Wildman–Crippen MR) is 73.5 cm³/mol. The zero-order valence-corrected chi connectivity index (χ0v) is 10.6. The molecule has 1 aromatic rings. The van der Waals surface area contributed by atoms with E-state index in [9.17, 15) is 4.79 Å². The van der Waals surface area contributed by atoms with Crippen LogP contribution in [0.15, 0.2) is 18.2 Å². The van der Waals surface area contributed by atoms with E-state index in [1.54, 1.807) is 18.2 Å². The molecular weight excluding hydrogens is 228 g/mol. The molecule has 2 rings (SSSR count). The van der Waals surface area contributed by atoms with Gasteiger partial charge in [-0.2, -0.15) is 0 Å². The van der Waals surface area contributed by atoms with Gasteiger partial charge in [0.2, 0.25) is 0 Å². The maximum absolute atomic E-state index is 11.4. The Morgan fingerprint density at radius 3 is 2.94 bits per heavy atom. The Labute approximate surface area is 107 Å². The normalized spacial score (nSPS) is 20.6. The van der Waals surface area contributed by atoms with Crippen molar-refractivity contribution in [3.63, 3.8) is 0 Å². The van der Waals surface area contributed by atoms with Gasteiger partial charge in [-0.3, -0.25) is 4.79 Å². The van der Waals surface area contributed by atoms with Gasteiger partial charge < -0.3 is 21.7 Å². The number of carbonyl (C=O) groups excluding carboxylic acids is 1. The van der Waals surface area contributed by atoms with Crippen molar-refractivity contribution in [3.8, 4) is 0 Å². The zero-order valence-electron chi connectivity index (χ0n) is 10.6. The van der Waals surface area contributed by atoms with Crippen molar-refractivity contribution in [2.24, 2.45) is 5.73 Å². The molecule has 0 aromatic heterocycles. The second-order valence-corrected chi connectivity index (χ2v) is 4.92. The fraction of sp³-hybridized carbons (Fsp3) is 0.462. The van der Waals surface area contributed by atoms with Gasteiger partial charge in [0.15, 0.2) is 0 Å². The number of nitrogens with zero attached hydrogens (tertiary/aromatic N) is 1. The highest BCUT2D eigenvalue weighted by Crippen LogP contribution is 2.22. The van der Waals surface area contributed by atoms with Crippen LogP contribution in [0.3, 0.4) is 0 Å². The highest BCUT2D eigenvalue weighted by Gasteiger charge is 2.18. The van der Waals surface area contributed by atoms with E-state index in [0.29, 0.717) is 17.3 Å². The van der Waals surface area contributed by atoms with Gasteiger partial charge in [-0.15, -0.1) is 0 Å². The zero-order chi connectivity index (χ0) is 13.1. The molecule has 1 saturated heterocycles. The van der Waals surface area contributed by atoms with Gasteiger partial charge in [-0.05, 0) is 44.6 Å². The molecule has 98 valence electrons. The molecule has 1 aliphatic rings. The second-order valence-electron chi connectivity index (χ2n) is 4.92. The summed E-state index contributed by atoms with van der Waals surface area (Å²) in [6, 6.07) is 5.48. The second kappa shape index (κ2) is 5.27. The number of likely N-dealkylation sites (tertiary alicyclic amines) is 1. The lowest BCUT2D eigenvalue weighted by atomic mass is 10.0. The number of nitrogen functional groups attached to an aromatic ring is 1. The molecule has 0 aliphatic carbocycles. The molecule has 1 fully saturated rings. The third-order valence-corrected chi connectivity index (χ3v) is 3.29. The number of amides is 1. The lowest BCUT2D eigenvalue weighted by Gasteiger charge is -2.31. The van der Waals surface area contributed by atoms with Crippen LogP contribution >= 0.6 is 0 Å². The number of hydrogen-bond acceptors (Lipinski definition) is 4. The van der Waals surface area contributed by atoms with Crippen molar-refractivity contribution in [2.75, 3.05) is 31.2 Å². The molecule has 5 N–H and O–H groups in total. The van der Waals surface area contributed by atoms with E-state index in [1.807, 2.05) is 0 Å². The number of primary amides is 1. The van der Waals surface area contributed by atoms with Gasteiger partial charge in [-0.25, -0.2) is 0 Å². The summed E-state index contributed by atoms with van der Waals surface area (Å²) in [6.45, 7) is 2.09. The van der Waals surface area contributed by atoms with Crippen LogP contribution in [-0.4, -0.2) is 37.0 Å². The fourth-order valence-corrected chi connectivity index (χ4v) is 2.40. The van der Waals surface area contributed by atoms with E-state index >= 15 is 0 Å². The maximum atomic E-state index is 11.4. The van der Waals surface area contributed by atoms with E-state index < -0.39 is 5.91 Å². The number of nitrogens with two attached hydrogens (primary N) is 2. The van der Waals surface area contributed by atoms with Gasteiger partial charge in [0.05, 0.1) is 5.56 Å². The van der Waals surface area contributed by atoms with Crippen molar-refractivity contribution in [1.29, 1.82) is 0 Å². The average Bonchev–Trinajstić information content (AvgIpc) is 2.28. The smallest absolute Gasteiger partial charge is 0.250 e. The Morgan fingerprint density at radius 1 is 1.50 bits per heavy atom. The van der Waals surface area contributed by atoms with Crippen molar-refractivity contribution >= 4 is 17.3 Å². The Morgan fingerprint density at radius 2 is 2.28 bits per heavy atom. The molecule has 5 nitrogen and oxygen atoms in total. The summed E-state index contributed by atoms with van der Waals surface area (Å²) in [4.78, 5) is 13.6. The van der Waals surface area contributed by atoms with Crippen LogP contribution in [0.2, 0.25) is 0 Å². The van der Waals surface area contributed by atoms with Crippen LogP contribution in [0, 0.1) is 0 Å². The number of nitrogens with one attached hydrogen (secondary N) is 1. The topological polar surface area (TPSA) is 84.4 Å². The quantitative estimate of drug-likeness (QED) is 0.693. The number of carbonyl (C=O) groups is 1. The molecule has 0 saturated carbocycles. The Balaban J connectivity index is 2.16. The monoisotopic (exact) mass is 248 g/mol. The third-order valence-electron chi connectivity index (χ3n) is 3.29. The summed E-state index contributed by atoms with van der Waals surface area (Å²) in [5.41, 5.74) is 13.0. The van der Waals surface area contributed by atoms with Crippen LogP contribution in [-0.2, 0) is 0 Å². The van der Waals surface area contributed by atoms with E-state index in [4.69, 9.17) is 11.5 Å². The van der Waals surface area contributed by atoms with E-state index in [2.05, 4.69) is 17.3 Å². The first-order chi connectivity index (χ1) is 8.56. The summed E-state index contributed by atoms with van der Waals surface area (Å²) >= 11 is 0. The Bertz CT molecular complexity index is 447. The number of hydrogen-bond donors (Lipinski definition) is 3. The molecule has 1 heterocycles. The first-order valence-corrected chi connectivity index (χ1v) is 6.20. The van der Waals surface area contributed by atoms with Crippen molar-refractivity contribution < 1.29 is 4.79 Å². The molecule has 18 heavy (non-hydrogen) atoms. The SMILES string of the molecule is CN1CCCC(Nc2cc(N)ccc2C(N)=O)C1. The first kappa shape index (κ1) is 12.7. The van der Waals surface area contributed by atoms with Gasteiger partial charge in [-0.1, -0.05) is 0 Å². The Hall–Kier alpha value is -1.75. The predicted octanol–water partition coefficient (Wildman–Crippen LogP) is 0.874. The standard InChI is InChI=1S/C13H20N4O/c1-17-6-2-3-10(8-17)16-12-7-9(14)4-5-11(12)13(15)18/h4-5,7,10,16H,2-3,6,8,14H2,1H3,(H2,15,18). The molecule has 5 heteroatoms. The molecule has 1 aliphatic heterocycles. The minimum absolute atomic E-state index is 0.337. The summed E-state index contributed by atoms with van der Waals surface area (Å²) in [7, 11) is 2.10. The largest absolute Gasteiger partial charge is 0.399 e. The lowest BCUT2D eigenvalue weighted by Crippen LogP contribution is -2.40. The Kier molecular flexibility index (Phi) is 3.72. The molecule has 1 unspecified atom stereocenters. The highest BCUT2D eigenvalue weighted by atomic mass is 16.1. The van der Waals surface area contributed by atoms with E-state index in [1.165, 1.54) is 0 Å². The first-order valence-electron chi connectivity index (χ1n) is 6.20. The van der Waals surface area contributed by atoms with Crippen molar-refractivity contribution in [3.05, 3.63) is 23.8 Å². The van der Waals surface area contributed by atoms with Gasteiger partial charge in [0, 0.05) is 24.0 Å². The molecule has 0 radical (unpaired) electrons. The molecule has 1 amide bonds. The van der Waals surface area contributed by atoms with Crippen LogP contribution in [0.1, 0.15) is 23.2 Å². The van der Waals surface area contributed by atoms with Crippen LogP contribution in [0.5, 0.6) is 0 Å². The minimum Gasteiger partial charge on any atom is -0.399 e. The van der Waals surface area contributed by atoms with Crippen molar-refractivity contribution in [1.82, 2.24) is 4.90 Å². The van der Waals surface area contributed by atoms with Gasteiger partial charge >= 0.3 is 0 Å². The lowest BCUT2D eigenvalue weighted by molar-refractivity contribution is 0.100. The van der Waals surface area contributed by atoms with Gasteiger partial charge in [0.1, 0.15) is 0 Å². The molecular formula is C13H20N4O. The fourth-order valence-electron chi connectivity index (χ4n) is 2.40. The number of piperidine rings is 1. The molecule has 1 aromatic carbocycles. The summed E-state index contributed by atoms with van der Waals surface area (Å²) < 4.78 is 0. The molecule has 0 bridgehead atoms. The highest BCUT2D eigenvalue weighted by molar-refractivity contribution is 5.99. The summed E-state index contributed by atoms with van der Waals surface area (Å²) in [5.74, 6) is -0.429. The van der Waals surface area contributed by atoms with Crippen LogP contribution in [0.4, 0.5) is 11.4 Å². The van der Waals surface area contributed by atoms with Gasteiger partial charge in [0.25, 0.3) is 5.91 Å².